The first-order chi connectivity index (χ1) is 21.7. The second kappa shape index (κ2) is 13.4. The minimum absolute atomic E-state index is 0.00377. The molecule has 0 atom stereocenters. The van der Waals surface area contributed by atoms with Gasteiger partial charge in [0.25, 0.3) is 5.56 Å². The number of benzene rings is 2. The van der Waals surface area contributed by atoms with E-state index in [2.05, 4.69) is 5.32 Å². The number of hydrogen-bond acceptors (Lipinski definition) is 7. The van der Waals surface area contributed by atoms with E-state index in [9.17, 15) is 27.9 Å². The topological polar surface area (TPSA) is 87.5 Å². The molecule has 2 aromatic heterocycles. The van der Waals surface area contributed by atoms with E-state index in [0.717, 1.165) is 52.4 Å². The minimum Gasteiger partial charge on any atom is -0.506 e. The van der Waals surface area contributed by atoms with Crippen LogP contribution in [0.5, 0.6) is 5.75 Å². The molecule has 1 aliphatic heterocycles. The average molecular weight is 655 g/mol. The minimum atomic E-state index is -4.34. The Balaban J connectivity index is 1.04. The molecular formula is C33H33F3N4O3S2. The number of nitrogens with zero attached hydrogens (tertiary/aromatic N) is 3. The van der Waals surface area contributed by atoms with Gasteiger partial charge < -0.3 is 15.3 Å². The number of nitrogens with one attached hydrogen (secondary N) is 1. The lowest BCUT2D eigenvalue weighted by Crippen LogP contribution is -2.42. The van der Waals surface area contributed by atoms with Gasteiger partial charge in [0, 0.05) is 53.9 Å². The number of thiophene rings is 1. The lowest BCUT2D eigenvalue weighted by Gasteiger charge is -2.30. The molecule has 236 valence electrons. The van der Waals surface area contributed by atoms with Crippen LogP contribution in [0.2, 0.25) is 0 Å². The lowest BCUT2D eigenvalue weighted by molar-refractivity contribution is -0.137. The molecule has 2 aliphatic rings. The number of phenolic OH excluding ortho intramolecular Hbond substituents is 1. The molecule has 0 bridgehead atoms. The van der Waals surface area contributed by atoms with Crippen LogP contribution in [0.25, 0.3) is 5.69 Å². The standard InChI is InChI=1S/C33H33F3N4O3S2/c34-33(35,36)22-10-8-21(9-11-22)18-24-12-13-25(44-24)19-37-16-14-30(42)39-17-15-27-26(20-39)31(43)40(28-6-1-2-7-29(28)41)32(38-27)45-23-4-3-5-23/h1-2,6-13,23,37,41H,3-5,14-20H2. The zero-order chi connectivity index (χ0) is 31.6. The zero-order valence-corrected chi connectivity index (χ0v) is 26.1. The summed E-state index contributed by atoms with van der Waals surface area (Å²) >= 11 is 3.17. The predicted octanol–water partition coefficient (Wildman–Crippen LogP) is 6.32. The molecule has 1 aliphatic carbocycles. The Morgan fingerprint density at radius 1 is 1.07 bits per heavy atom. The lowest BCUT2D eigenvalue weighted by atomic mass is 10.0. The highest BCUT2D eigenvalue weighted by Gasteiger charge is 2.31. The van der Waals surface area contributed by atoms with Crippen LogP contribution in [0.15, 0.2) is 70.6 Å². The number of thioether (sulfide) groups is 1. The molecule has 3 heterocycles. The van der Waals surface area contributed by atoms with Gasteiger partial charge in [-0.15, -0.1) is 11.3 Å². The number of phenols is 1. The molecule has 1 saturated carbocycles. The van der Waals surface area contributed by atoms with Crippen molar-refractivity contribution in [2.75, 3.05) is 13.1 Å². The molecule has 1 fully saturated rings. The van der Waals surface area contributed by atoms with Crippen molar-refractivity contribution in [2.45, 2.75) is 68.2 Å². The first-order valence-corrected chi connectivity index (χ1v) is 16.7. The third-order valence-electron chi connectivity index (χ3n) is 8.19. The van der Waals surface area contributed by atoms with Gasteiger partial charge in [-0.1, -0.05) is 42.4 Å². The molecule has 2 N–H and O–H groups in total. The molecule has 0 spiro atoms. The average Bonchev–Trinajstić information content (AvgIpc) is 3.44. The maximum atomic E-state index is 13.8. The van der Waals surface area contributed by atoms with Crippen molar-refractivity contribution in [3.05, 3.63) is 103 Å². The Morgan fingerprint density at radius 2 is 1.82 bits per heavy atom. The summed E-state index contributed by atoms with van der Waals surface area (Å²) in [5.74, 6) is -0.0483. The largest absolute Gasteiger partial charge is 0.506 e. The van der Waals surface area contributed by atoms with Gasteiger partial charge >= 0.3 is 6.18 Å². The van der Waals surface area contributed by atoms with Crippen molar-refractivity contribution in [3.8, 4) is 11.4 Å². The van der Waals surface area contributed by atoms with Gasteiger partial charge in [-0.2, -0.15) is 13.2 Å². The van der Waals surface area contributed by atoms with E-state index >= 15 is 0 Å². The van der Waals surface area contributed by atoms with E-state index in [1.165, 1.54) is 16.7 Å². The van der Waals surface area contributed by atoms with Gasteiger partial charge in [0.05, 0.1) is 29.1 Å². The fraction of sp³-hybridized carbons (Fsp3) is 0.364. The van der Waals surface area contributed by atoms with Crippen LogP contribution in [0.4, 0.5) is 13.2 Å². The molecule has 0 radical (unpaired) electrons. The summed E-state index contributed by atoms with van der Waals surface area (Å²) < 4.78 is 40.0. The van der Waals surface area contributed by atoms with E-state index in [0.29, 0.717) is 54.1 Å². The number of alkyl halides is 3. The Labute approximate surface area is 267 Å². The third kappa shape index (κ3) is 7.29. The third-order valence-corrected chi connectivity index (χ3v) is 10.6. The Kier molecular flexibility index (Phi) is 9.34. The smallest absolute Gasteiger partial charge is 0.416 e. The SMILES string of the molecule is O=C(CCNCc1ccc(Cc2ccc(C(F)(F)F)cc2)s1)N1CCc2nc(SC3CCC3)n(-c3ccccc3O)c(=O)c2C1. The van der Waals surface area contributed by atoms with Crippen molar-refractivity contribution in [1.82, 2.24) is 19.8 Å². The highest BCUT2D eigenvalue weighted by molar-refractivity contribution is 7.99. The van der Waals surface area contributed by atoms with Crippen molar-refractivity contribution < 1.29 is 23.1 Å². The number of carbonyl (C=O) groups is 1. The first-order valence-electron chi connectivity index (χ1n) is 15.0. The zero-order valence-electron chi connectivity index (χ0n) is 24.5. The normalized spacial score (nSPS) is 15.1. The second-order valence-corrected chi connectivity index (χ2v) is 13.9. The van der Waals surface area contributed by atoms with E-state index in [4.69, 9.17) is 4.98 Å². The summed E-state index contributed by atoms with van der Waals surface area (Å²) in [5, 5.41) is 14.9. The van der Waals surface area contributed by atoms with Gasteiger partial charge in [0.15, 0.2) is 5.16 Å². The predicted molar refractivity (Wildman–Crippen MR) is 169 cm³/mol. The van der Waals surface area contributed by atoms with Gasteiger partial charge in [0.2, 0.25) is 5.91 Å². The van der Waals surface area contributed by atoms with Gasteiger partial charge in [-0.05, 0) is 54.8 Å². The molecular weight excluding hydrogens is 622 g/mol. The molecule has 4 aromatic rings. The maximum Gasteiger partial charge on any atom is 0.416 e. The molecule has 1 amide bonds. The monoisotopic (exact) mass is 654 g/mol. The number of rotatable bonds is 10. The number of carbonyl (C=O) groups excluding carboxylic acids is 1. The van der Waals surface area contributed by atoms with Crippen molar-refractivity contribution >= 4 is 29.0 Å². The van der Waals surface area contributed by atoms with E-state index < -0.39 is 11.7 Å². The number of hydrogen-bond donors (Lipinski definition) is 2. The summed E-state index contributed by atoms with van der Waals surface area (Å²) in [6.45, 7) is 1.71. The Bertz CT molecular complexity index is 1730. The summed E-state index contributed by atoms with van der Waals surface area (Å²) in [7, 11) is 0. The molecule has 7 nitrogen and oxygen atoms in total. The van der Waals surface area contributed by atoms with E-state index in [-0.39, 0.29) is 30.2 Å². The van der Waals surface area contributed by atoms with E-state index in [1.54, 1.807) is 52.3 Å². The fourth-order valence-electron chi connectivity index (χ4n) is 5.44. The maximum absolute atomic E-state index is 13.8. The van der Waals surface area contributed by atoms with Crippen LogP contribution in [0.1, 0.15) is 57.8 Å². The quantitative estimate of drug-likeness (QED) is 0.154. The van der Waals surface area contributed by atoms with Gasteiger partial charge in [-0.25, -0.2) is 4.98 Å². The number of para-hydroxylation sites is 2. The highest BCUT2D eigenvalue weighted by atomic mass is 32.2. The van der Waals surface area contributed by atoms with Crippen LogP contribution in [0, 0.1) is 0 Å². The molecule has 2 aromatic carbocycles. The van der Waals surface area contributed by atoms with Crippen molar-refractivity contribution in [3.63, 3.8) is 0 Å². The highest BCUT2D eigenvalue weighted by Crippen LogP contribution is 2.37. The number of aromatic hydroxyl groups is 1. The first kappa shape index (κ1) is 31.4. The van der Waals surface area contributed by atoms with Gasteiger partial charge in [-0.3, -0.25) is 14.2 Å². The summed E-state index contributed by atoms with van der Waals surface area (Å²) in [4.78, 5) is 35.7. The summed E-state index contributed by atoms with van der Waals surface area (Å²) in [5.41, 5.74) is 1.52. The molecule has 45 heavy (non-hydrogen) atoms. The van der Waals surface area contributed by atoms with Crippen molar-refractivity contribution in [2.24, 2.45) is 0 Å². The number of amides is 1. The molecule has 0 saturated heterocycles. The van der Waals surface area contributed by atoms with E-state index in [1.807, 2.05) is 12.1 Å². The number of aromatic nitrogens is 2. The van der Waals surface area contributed by atoms with Crippen LogP contribution >= 0.6 is 23.1 Å². The number of halogens is 3. The number of fused-ring (bicyclic) bond motifs is 1. The van der Waals surface area contributed by atoms with Crippen LogP contribution in [-0.2, 0) is 36.9 Å². The second-order valence-electron chi connectivity index (χ2n) is 11.4. The van der Waals surface area contributed by atoms with Crippen LogP contribution in [0.3, 0.4) is 0 Å². The fourth-order valence-corrected chi connectivity index (χ4v) is 7.78. The molecule has 12 heteroatoms. The Hall–Kier alpha value is -3.61. The molecule has 0 unspecified atom stereocenters. The van der Waals surface area contributed by atoms with Crippen molar-refractivity contribution in [1.29, 1.82) is 0 Å². The molecule has 6 rings (SSSR count). The van der Waals surface area contributed by atoms with Crippen LogP contribution in [-0.4, -0.2) is 43.8 Å². The summed E-state index contributed by atoms with van der Waals surface area (Å²) in [6, 6.07) is 15.9. The Morgan fingerprint density at radius 3 is 2.53 bits per heavy atom. The van der Waals surface area contributed by atoms with Crippen LogP contribution < -0.4 is 10.9 Å². The van der Waals surface area contributed by atoms with Gasteiger partial charge in [0.1, 0.15) is 5.75 Å². The summed E-state index contributed by atoms with van der Waals surface area (Å²) in [6.07, 6.45) is 0.297.